The number of fused-ring (bicyclic) bond motifs is 3. The number of allylic oxidation sites excluding steroid dienone is 4. The second-order valence-corrected chi connectivity index (χ2v) is 19.7. The number of hydrogen-bond acceptors (Lipinski definition) is 0. The van der Waals surface area contributed by atoms with Gasteiger partial charge in [0.05, 0.1) is 0 Å². The summed E-state index contributed by atoms with van der Waals surface area (Å²) in [4.78, 5) is 0. The fraction of sp³-hybridized carbons (Fsp3) is 0.293. The van der Waals surface area contributed by atoms with E-state index in [1.807, 2.05) is 48.6 Å². The average molecular weight is 906 g/mol. The van der Waals surface area contributed by atoms with Crippen molar-refractivity contribution in [1.82, 2.24) is 0 Å². The molecule has 0 nitrogen and oxygen atoms in total. The summed E-state index contributed by atoms with van der Waals surface area (Å²) in [5.74, 6) is 0. The van der Waals surface area contributed by atoms with Crippen LogP contribution in [-0.4, -0.2) is 3.21 Å². The fourth-order valence-corrected chi connectivity index (χ4v) is 6.66. The summed E-state index contributed by atoms with van der Waals surface area (Å²) in [7, 11) is 0. The molecule has 0 fully saturated rings. The van der Waals surface area contributed by atoms with Gasteiger partial charge in [-0.3, -0.25) is 6.08 Å². The quantitative estimate of drug-likeness (QED) is 0.128. The normalized spacial score (nSPS) is 13.1. The zero-order valence-corrected chi connectivity index (χ0v) is 37.2. The minimum atomic E-state index is -1.45. The molecule has 2 aliphatic carbocycles. The van der Waals surface area contributed by atoms with Crippen molar-refractivity contribution in [2.75, 3.05) is 0 Å². The van der Waals surface area contributed by atoms with Gasteiger partial charge in [0, 0.05) is 0 Å². The minimum Gasteiger partial charge on any atom is -1.00 e. The molecule has 0 saturated carbocycles. The van der Waals surface area contributed by atoms with Crippen molar-refractivity contribution in [3.8, 4) is 11.1 Å². The van der Waals surface area contributed by atoms with Crippen LogP contribution in [0.3, 0.4) is 0 Å². The topological polar surface area (TPSA) is 0 Å². The Balaban J connectivity index is 0.000000293. The molecule has 50 heavy (non-hydrogen) atoms. The Morgan fingerprint density at radius 2 is 1.16 bits per heavy atom. The average Bonchev–Trinajstić information content (AvgIpc) is 3.71. The van der Waals surface area contributed by atoms with E-state index in [0.717, 1.165) is 27.2 Å². The van der Waals surface area contributed by atoms with Crippen molar-refractivity contribution in [2.45, 2.75) is 72.8 Å². The summed E-state index contributed by atoms with van der Waals surface area (Å²) in [6, 6.07) is 30.0. The van der Waals surface area contributed by atoms with Gasteiger partial charge in [-0.15, -0.1) is 12.0 Å². The van der Waals surface area contributed by atoms with Gasteiger partial charge in [-0.1, -0.05) is 76.3 Å². The maximum Gasteiger partial charge on any atom is -0.109 e. The van der Waals surface area contributed by atoms with E-state index in [0.29, 0.717) is 11.1 Å². The largest absolute Gasteiger partial charge is 1.00 e. The first-order valence-electron chi connectivity index (χ1n) is 15.6. The first-order chi connectivity index (χ1) is 22.2. The third-order valence-electron chi connectivity index (χ3n) is 8.07. The first kappa shape index (κ1) is 45.6. The maximum absolute atomic E-state index is 5.94. The van der Waals surface area contributed by atoms with E-state index in [1.54, 1.807) is 12.1 Å². The summed E-state index contributed by atoms with van der Waals surface area (Å²) in [6.45, 7) is 13.6. The molecule has 9 heteroatoms. The van der Waals surface area contributed by atoms with E-state index in [-0.39, 0.29) is 35.6 Å². The van der Waals surface area contributed by atoms with Crippen LogP contribution in [-0.2, 0) is 49.1 Å². The van der Waals surface area contributed by atoms with Crippen molar-refractivity contribution >= 4 is 72.8 Å². The summed E-state index contributed by atoms with van der Waals surface area (Å²) >= 11 is 36.9. The van der Waals surface area contributed by atoms with Crippen LogP contribution in [0.15, 0.2) is 97.1 Å². The predicted molar refractivity (Wildman–Crippen MR) is 207 cm³/mol. The molecule has 0 N–H and O–H groups in total. The standard InChI is InChI=1S/C21H25.C15H8Cl6.C5H5.2ClH.Zr/c1-20(2,3)16-9-7-14-11-15-8-10-17(21(4,5)6)13-19(15)18(14)12-16;16-14(17,18)12-5-1-3-10(8-12)7-11-4-2-6-13(9-11)15(19,20)21;1-2-4-5-3-1;;;/h7,9-10,12-13H,11H2,1-6H3;1-6,8-9H;1-3H,4H2;2*1H;/q-1;;-1;;;+2/p-2. The Labute approximate surface area is 356 Å². The van der Waals surface area contributed by atoms with Crippen LogP contribution >= 0.6 is 69.6 Å². The predicted octanol–water partition coefficient (Wildman–Crippen LogP) is 7.42. The summed E-state index contributed by atoms with van der Waals surface area (Å²) < 4.78 is -1.82. The van der Waals surface area contributed by atoms with Crippen molar-refractivity contribution in [1.29, 1.82) is 0 Å². The Bertz CT molecular complexity index is 1700. The van der Waals surface area contributed by atoms with Crippen LogP contribution in [0, 0.1) is 12.1 Å². The molecule has 6 rings (SSSR count). The van der Waals surface area contributed by atoms with Crippen molar-refractivity contribution in [3.63, 3.8) is 0 Å². The van der Waals surface area contributed by atoms with Crippen LogP contribution in [0.4, 0.5) is 0 Å². The molecule has 0 aromatic heterocycles. The van der Waals surface area contributed by atoms with Gasteiger partial charge in [0.2, 0.25) is 0 Å². The van der Waals surface area contributed by atoms with Gasteiger partial charge in [-0.25, -0.2) is 12.2 Å². The third-order valence-corrected chi connectivity index (χ3v) is 10.8. The number of hydrogen-bond donors (Lipinski definition) is 0. The maximum atomic E-state index is 5.94. The number of halogens is 8. The molecule has 0 amide bonds. The molecule has 0 heterocycles. The van der Waals surface area contributed by atoms with Crippen LogP contribution < -0.4 is 24.8 Å². The van der Waals surface area contributed by atoms with Gasteiger partial charge in [0.25, 0.3) is 0 Å². The third kappa shape index (κ3) is 12.5. The van der Waals surface area contributed by atoms with Crippen molar-refractivity contribution in [2.24, 2.45) is 0 Å². The van der Waals surface area contributed by atoms with Gasteiger partial charge >= 0.3 is 175 Å². The number of alkyl halides is 6. The van der Waals surface area contributed by atoms with Gasteiger partial charge in [-0.2, -0.15) is 35.4 Å². The Hall–Kier alpha value is -0.567. The van der Waals surface area contributed by atoms with Crippen LogP contribution in [0.25, 0.3) is 11.1 Å². The smallest absolute Gasteiger partial charge is 0.109 e. The molecular weight excluding hydrogens is 867 g/mol. The van der Waals surface area contributed by atoms with Crippen molar-refractivity contribution in [3.05, 3.63) is 154 Å². The summed E-state index contributed by atoms with van der Waals surface area (Å²) in [5, 5.41) is 0. The molecule has 0 radical (unpaired) electrons. The Morgan fingerprint density at radius 3 is 1.58 bits per heavy atom. The second-order valence-electron chi connectivity index (χ2n) is 13.9. The van der Waals surface area contributed by atoms with Gasteiger partial charge in [0.1, 0.15) is 0 Å². The van der Waals surface area contributed by atoms with Crippen LogP contribution in [0.1, 0.15) is 92.5 Å². The van der Waals surface area contributed by atoms with Gasteiger partial charge < -0.3 is 24.8 Å². The molecular formula is C41H38Cl8Zr-2. The van der Waals surface area contributed by atoms with Crippen LogP contribution in [0.5, 0.6) is 0 Å². The molecule has 264 valence electrons. The monoisotopic (exact) mass is 900 g/mol. The molecule has 0 unspecified atom stereocenters. The van der Waals surface area contributed by atoms with Gasteiger partial charge in [-0.05, 0) is 17.4 Å². The van der Waals surface area contributed by atoms with E-state index in [4.69, 9.17) is 69.6 Å². The van der Waals surface area contributed by atoms with E-state index in [2.05, 4.69) is 90.1 Å². The fourth-order valence-electron chi connectivity index (χ4n) is 5.19. The summed E-state index contributed by atoms with van der Waals surface area (Å²) in [6.07, 6.45) is 11.0. The Morgan fingerprint density at radius 1 is 0.640 bits per heavy atom. The van der Waals surface area contributed by atoms with E-state index >= 15 is 0 Å². The molecule has 2 aliphatic rings. The molecule has 4 aromatic rings. The second kappa shape index (κ2) is 18.7. The molecule has 0 spiro atoms. The zero-order chi connectivity index (χ0) is 35.5. The van der Waals surface area contributed by atoms with Crippen molar-refractivity contribution < 1.29 is 49.0 Å². The molecule has 0 saturated heterocycles. The van der Waals surface area contributed by atoms with E-state index in [1.165, 1.54) is 57.6 Å². The number of benzene rings is 4. The molecule has 4 aromatic carbocycles. The van der Waals surface area contributed by atoms with Gasteiger partial charge in [0.15, 0.2) is 0 Å². The Kier molecular flexibility index (Phi) is 17.0. The van der Waals surface area contributed by atoms with E-state index in [9.17, 15) is 0 Å². The minimum absolute atomic E-state index is 0. The summed E-state index contributed by atoms with van der Waals surface area (Å²) in [5.41, 5.74) is 11.9. The first-order valence-corrected chi connectivity index (χ1v) is 19.1. The molecule has 0 aliphatic heterocycles. The molecule has 0 bridgehead atoms. The SMILES string of the molecule is CC(C)(C)c1c[c-]c2c(c1)-c1cc(C(C)(C)C)ccc1C2.ClC(Cl)(Cl)c1cccc([C](=[Zr+2])c2cccc(C(Cl)(Cl)Cl)c2)c1.[C-]1=CC=CC1.[Cl-].[Cl-]. The van der Waals surface area contributed by atoms with E-state index < -0.39 is 7.59 Å². The van der Waals surface area contributed by atoms with Crippen LogP contribution in [0.2, 0.25) is 0 Å². The number of rotatable bonds is 2. The molecule has 0 atom stereocenters. The zero-order valence-electron chi connectivity index (χ0n) is 28.7.